The second-order valence-corrected chi connectivity index (χ2v) is 8.85. The Morgan fingerprint density at radius 1 is 1.27 bits per heavy atom. The maximum atomic E-state index is 12.6. The highest BCUT2D eigenvalue weighted by molar-refractivity contribution is 7.89. The first kappa shape index (κ1) is 20.4. The molecule has 0 aromatic heterocycles. The summed E-state index contributed by atoms with van der Waals surface area (Å²) in [6.07, 6.45) is 0.691. The first-order chi connectivity index (χ1) is 12.2. The lowest BCUT2D eigenvalue weighted by atomic mass is 9.94. The second kappa shape index (κ2) is 8.64. The molecule has 1 unspecified atom stereocenters. The van der Waals surface area contributed by atoms with Crippen LogP contribution in [0.2, 0.25) is 0 Å². The number of benzene rings is 1. The number of carbonyl (C=O) groups excluding carboxylic acids is 1. The number of amides is 1. The van der Waals surface area contributed by atoms with Crippen molar-refractivity contribution in [1.82, 2.24) is 9.62 Å². The molecule has 0 aliphatic carbocycles. The Morgan fingerprint density at radius 3 is 2.42 bits per heavy atom. The van der Waals surface area contributed by atoms with Crippen molar-refractivity contribution in [2.75, 3.05) is 18.8 Å². The molecule has 1 fully saturated rings. The van der Waals surface area contributed by atoms with Crippen molar-refractivity contribution in [2.24, 2.45) is 5.92 Å². The normalized spacial score (nSPS) is 17.6. The van der Waals surface area contributed by atoms with Crippen molar-refractivity contribution < 1.29 is 23.1 Å². The molecule has 144 valence electrons. The molecule has 7 nitrogen and oxygen atoms in total. The van der Waals surface area contributed by atoms with E-state index in [9.17, 15) is 23.1 Å². The second-order valence-electron chi connectivity index (χ2n) is 6.59. The summed E-state index contributed by atoms with van der Waals surface area (Å²) in [6.45, 7) is 4.13. The van der Waals surface area contributed by atoms with Crippen molar-refractivity contribution in [1.29, 1.82) is 0 Å². The zero-order valence-corrected chi connectivity index (χ0v) is 16.0. The molecule has 1 aliphatic heterocycles. The molecule has 1 amide bonds. The lowest BCUT2D eigenvalue weighted by Gasteiger charge is -2.31. The number of sulfonamides is 1. The number of aliphatic carboxylic acids is 1. The van der Waals surface area contributed by atoms with Gasteiger partial charge in [-0.1, -0.05) is 24.3 Å². The molecule has 1 heterocycles. The Morgan fingerprint density at radius 2 is 1.88 bits per heavy atom. The molecule has 0 bridgehead atoms. The van der Waals surface area contributed by atoms with Gasteiger partial charge in [-0.25, -0.2) is 12.7 Å². The number of aryl methyl sites for hydroxylation is 1. The van der Waals surface area contributed by atoms with E-state index in [0.717, 1.165) is 11.1 Å². The summed E-state index contributed by atoms with van der Waals surface area (Å²) >= 11 is 0. The highest BCUT2D eigenvalue weighted by atomic mass is 32.2. The molecule has 0 radical (unpaired) electrons. The van der Waals surface area contributed by atoms with Gasteiger partial charge in [0.2, 0.25) is 15.9 Å². The molecule has 0 saturated carbocycles. The third-order valence-electron chi connectivity index (χ3n) is 4.84. The predicted molar refractivity (Wildman–Crippen MR) is 98.1 cm³/mol. The van der Waals surface area contributed by atoms with Crippen LogP contribution in [0.1, 0.15) is 43.4 Å². The van der Waals surface area contributed by atoms with Crippen molar-refractivity contribution >= 4 is 21.9 Å². The fourth-order valence-corrected chi connectivity index (χ4v) is 4.39. The monoisotopic (exact) mass is 382 g/mol. The van der Waals surface area contributed by atoms with Crippen LogP contribution in [0.25, 0.3) is 0 Å². The third kappa shape index (κ3) is 5.04. The zero-order valence-electron chi connectivity index (χ0n) is 15.1. The van der Waals surface area contributed by atoms with Crippen LogP contribution in [0, 0.1) is 12.8 Å². The Bertz CT molecular complexity index is 755. The number of hydrogen-bond acceptors (Lipinski definition) is 4. The summed E-state index contributed by atoms with van der Waals surface area (Å²) in [5, 5.41) is 12.0. The van der Waals surface area contributed by atoms with Gasteiger partial charge in [0, 0.05) is 19.0 Å². The van der Waals surface area contributed by atoms with Gasteiger partial charge in [0.15, 0.2) is 0 Å². The van der Waals surface area contributed by atoms with Gasteiger partial charge in [-0.15, -0.1) is 0 Å². The summed E-state index contributed by atoms with van der Waals surface area (Å²) in [6, 6.07) is 6.78. The van der Waals surface area contributed by atoms with Crippen LogP contribution < -0.4 is 5.32 Å². The van der Waals surface area contributed by atoms with Crippen LogP contribution in [0.3, 0.4) is 0 Å². The first-order valence-electron chi connectivity index (χ1n) is 8.80. The van der Waals surface area contributed by atoms with E-state index >= 15 is 0 Å². The molecule has 26 heavy (non-hydrogen) atoms. The fourth-order valence-electron chi connectivity index (χ4n) is 3.26. The van der Waals surface area contributed by atoms with E-state index in [1.165, 1.54) is 4.31 Å². The SMILES string of the molecule is CCS(=O)(=O)N1CCC(C(=O)NC(CC(=O)O)c2ccccc2C)CC1. The number of nitrogens with zero attached hydrogens (tertiary/aromatic N) is 1. The molecule has 1 aromatic carbocycles. The molecular formula is C18H26N2O5S. The number of hydrogen-bond donors (Lipinski definition) is 2. The molecule has 1 saturated heterocycles. The number of piperidine rings is 1. The van der Waals surface area contributed by atoms with Crippen molar-refractivity contribution in [2.45, 2.75) is 39.2 Å². The Labute approximate surface area is 154 Å². The summed E-state index contributed by atoms with van der Waals surface area (Å²) < 4.78 is 25.2. The lowest BCUT2D eigenvalue weighted by molar-refractivity contribution is -0.138. The zero-order chi connectivity index (χ0) is 19.3. The van der Waals surface area contributed by atoms with Gasteiger partial charge in [-0.3, -0.25) is 9.59 Å². The van der Waals surface area contributed by atoms with E-state index in [1.807, 2.05) is 31.2 Å². The third-order valence-corrected chi connectivity index (χ3v) is 6.72. The van der Waals surface area contributed by atoms with E-state index in [-0.39, 0.29) is 24.0 Å². The Kier molecular flexibility index (Phi) is 6.77. The number of carboxylic acids is 1. The van der Waals surface area contributed by atoms with E-state index in [2.05, 4.69) is 5.32 Å². The van der Waals surface area contributed by atoms with Gasteiger partial charge in [0.1, 0.15) is 0 Å². The summed E-state index contributed by atoms with van der Waals surface area (Å²) in [5.74, 6) is -1.45. The summed E-state index contributed by atoms with van der Waals surface area (Å²) in [7, 11) is -3.23. The Balaban J connectivity index is 2.04. The lowest BCUT2D eigenvalue weighted by Crippen LogP contribution is -2.44. The van der Waals surface area contributed by atoms with Gasteiger partial charge < -0.3 is 10.4 Å². The summed E-state index contributed by atoms with van der Waals surface area (Å²) in [4.78, 5) is 23.8. The largest absolute Gasteiger partial charge is 0.481 e. The molecule has 1 aromatic rings. The number of carboxylic acid groups (broad SMARTS) is 1. The van der Waals surface area contributed by atoms with Crippen molar-refractivity contribution in [3.8, 4) is 0 Å². The van der Waals surface area contributed by atoms with Crippen LogP contribution in [0.4, 0.5) is 0 Å². The minimum absolute atomic E-state index is 0.0534. The molecule has 1 aliphatic rings. The molecule has 1 atom stereocenters. The van der Waals surface area contributed by atoms with Gasteiger partial charge in [0.25, 0.3) is 0 Å². The average Bonchev–Trinajstić information content (AvgIpc) is 2.61. The quantitative estimate of drug-likeness (QED) is 0.747. The van der Waals surface area contributed by atoms with Gasteiger partial charge in [0.05, 0.1) is 18.2 Å². The molecule has 2 N–H and O–H groups in total. The van der Waals surface area contributed by atoms with E-state index in [0.29, 0.717) is 25.9 Å². The van der Waals surface area contributed by atoms with Gasteiger partial charge in [-0.2, -0.15) is 0 Å². The van der Waals surface area contributed by atoms with Crippen LogP contribution in [-0.4, -0.2) is 48.5 Å². The van der Waals surface area contributed by atoms with E-state index in [1.54, 1.807) is 6.92 Å². The van der Waals surface area contributed by atoms with Crippen LogP contribution in [0.5, 0.6) is 0 Å². The highest BCUT2D eigenvalue weighted by Crippen LogP contribution is 2.24. The number of nitrogens with one attached hydrogen (secondary N) is 1. The minimum Gasteiger partial charge on any atom is -0.481 e. The molecular weight excluding hydrogens is 356 g/mol. The van der Waals surface area contributed by atoms with E-state index < -0.39 is 22.0 Å². The highest BCUT2D eigenvalue weighted by Gasteiger charge is 2.31. The van der Waals surface area contributed by atoms with E-state index in [4.69, 9.17) is 0 Å². The maximum absolute atomic E-state index is 12.6. The molecule has 2 rings (SSSR count). The maximum Gasteiger partial charge on any atom is 0.305 e. The molecule has 0 spiro atoms. The van der Waals surface area contributed by atoms with Crippen molar-refractivity contribution in [3.63, 3.8) is 0 Å². The number of carbonyl (C=O) groups is 2. The van der Waals surface area contributed by atoms with Crippen LogP contribution >= 0.6 is 0 Å². The smallest absolute Gasteiger partial charge is 0.305 e. The van der Waals surface area contributed by atoms with Crippen LogP contribution in [-0.2, 0) is 19.6 Å². The van der Waals surface area contributed by atoms with Crippen molar-refractivity contribution in [3.05, 3.63) is 35.4 Å². The summed E-state index contributed by atoms with van der Waals surface area (Å²) in [5.41, 5.74) is 1.71. The van der Waals surface area contributed by atoms with Crippen LogP contribution in [0.15, 0.2) is 24.3 Å². The fraction of sp³-hybridized carbons (Fsp3) is 0.556. The first-order valence-corrected chi connectivity index (χ1v) is 10.4. The predicted octanol–water partition coefficient (Wildman–Crippen LogP) is 1.69. The van der Waals surface area contributed by atoms with Gasteiger partial charge in [-0.05, 0) is 37.8 Å². The molecule has 8 heteroatoms. The topological polar surface area (TPSA) is 104 Å². The minimum atomic E-state index is -3.23. The standard InChI is InChI=1S/C18H26N2O5S/c1-3-26(24,25)20-10-8-14(9-11-20)18(23)19-16(12-17(21)22)15-7-5-4-6-13(15)2/h4-7,14,16H,3,8-12H2,1-2H3,(H,19,23)(H,21,22). The van der Waals surface area contributed by atoms with Gasteiger partial charge >= 0.3 is 5.97 Å². The Hall–Kier alpha value is -1.93. The average molecular weight is 382 g/mol. The number of rotatable bonds is 7.